The van der Waals surface area contributed by atoms with Crippen molar-refractivity contribution >= 4 is 21.6 Å². The first-order chi connectivity index (χ1) is 11.3. The Labute approximate surface area is 142 Å². The number of carbonyl (C=O) groups excluding carboxylic acids is 1. The third kappa shape index (κ3) is 3.32. The number of amides is 1. The van der Waals surface area contributed by atoms with Crippen molar-refractivity contribution < 1.29 is 22.7 Å². The zero-order valence-electron chi connectivity index (χ0n) is 13.9. The first-order valence-electron chi connectivity index (χ1n) is 7.95. The number of ether oxygens (including phenoxy) is 2. The van der Waals surface area contributed by atoms with Crippen LogP contribution in [0.15, 0.2) is 29.2 Å². The molecule has 2 saturated heterocycles. The second kappa shape index (κ2) is 6.44. The van der Waals surface area contributed by atoms with E-state index in [1.54, 1.807) is 12.1 Å². The average molecular weight is 354 g/mol. The molecule has 1 aromatic carbocycles. The van der Waals surface area contributed by atoms with Gasteiger partial charge in [-0.2, -0.15) is 4.31 Å². The van der Waals surface area contributed by atoms with E-state index in [4.69, 9.17) is 9.47 Å². The number of nitrogens with one attached hydrogen (secondary N) is 1. The second-order valence-electron chi connectivity index (χ2n) is 6.45. The molecule has 8 heteroatoms. The minimum Gasteiger partial charge on any atom is -0.351 e. The van der Waals surface area contributed by atoms with Crippen molar-refractivity contribution in [2.24, 2.45) is 5.92 Å². The van der Waals surface area contributed by atoms with E-state index in [1.165, 1.54) is 23.4 Å². The SMILES string of the molecule is CC(=O)Nc1ccc(S(=O)(=O)N2[C@@H]3COC(C(C)C)OC[C@@H]32)cc1. The molecule has 1 aromatic rings. The summed E-state index contributed by atoms with van der Waals surface area (Å²) in [6.07, 6.45) is -0.278. The summed E-state index contributed by atoms with van der Waals surface area (Å²) in [6, 6.07) is 5.81. The molecule has 0 saturated carbocycles. The molecular formula is C16H22N2O5S. The molecule has 2 fully saturated rings. The molecule has 2 unspecified atom stereocenters. The summed E-state index contributed by atoms with van der Waals surface area (Å²) in [5.74, 6) is 0.0294. The van der Waals surface area contributed by atoms with Gasteiger partial charge in [0, 0.05) is 18.5 Å². The summed E-state index contributed by atoms with van der Waals surface area (Å²) in [4.78, 5) is 11.2. The number of anilines is 1. The molecule has 24 heavy (non-hydrogen) atoms. The Morgan fingerprint density at radius 2 is 1.71 bits per heavy atom. The number of carbonyl (C=O) groups is 1. The van der Waals surface area contributed by atoms with Crippen molar-refractivity contribution in [3.8, 4) is 0 Å². The van der Waals surface area contributed by atoms with Crippen molar-refractivity contribution in [3.05, 3.63) is 24.3 Å². The third-order valence-electron chi connectivity index (χ3n) is 4.17. The van der Waals surface area contributed by atoms with Crippen LogP contribution < -0.4 is 5.32 Å². The molecule has 0 bridgehead atoms. The maximum Gasteiger partial charge on any atom is 0.243 e. The largest absolute Gasteiger partial charge is 0.351 e. The quantitative estimate of drug-likeness (QED) is 0.827. The number of sulfonamides is 1. The lowest BCUT2D eigenvalue weighted by Gasteiger charge is -2.21. The van der Waals surface area contributed by atoms with Crippen molar-refractivity contribution in [3.63, 3.8) is 0 Å². The second-order valence-corrected chi connectivity index (χ2v) is 8.30. The number of fused-ring (bicyclic) bond motifs is 1. The molecule has 0 spiro atoms. The van der Waals surface area contributed by atoms with E-state index in [1.807, 2.05) is 13.8 Å². The fourth-order valence-corrected chi connectivity index (χ4v) is 4.67. The Balaban J connectivity index is 1.70. The summed E-state index contributed by atoms with van der Waals surface area (Å²) in [5.41, 5.74) is 0.563. The summed E-state index contributed by atoms with van der Waals surface area (Å²) in [6.45, 7) is 6.10. The molecule has 132 valence electrons. The standard InChI is InChI=1S/C16H22N2O5S/c1-10(2)16-22-8-14-15(9-23-16)18(14)24(20,21)13-6-4-12(5-7-13)17-11(3)19/h4-7,10,14-16H,8-9H2,1-3H3,(H,17,19)/t14-,15+,16?,18?. The van der Waals surface area contributed by atoms with E-state index in [-0.39, 0.29) is 35.1 Å². The van der Waals surface area contributed by atoms with Crippen LogP contribution in [0.4, 0.5) is 5.69 Å². The average Bonchev–Trinajstić information content (AvgIpc) is 3.22. The van der Waals surface area contributed by atoms with Gasteiger partial charge in [-0.1, -0.05) is 13.8 Å². The van der Waals surface area contributed by atoms with Crippen LogP contribution in [0.1, 0.15) is 20.8 Å². The van der Waals surface area contributed by atoms with Gasteiger partial charge in [-0.3, -0.25) is 4.79 Å². The molecule has 0 radical (unpaired) electrons. The molecule has 7 nitrogen and oxygen atoms in total. The molecule has 2 aliphatic rings. The summed E-state index contributed by atoms with van der Waals surface area (Å²) in [7, 11) is -3.59. The third-order valence-corrected chi connectivity index (χ3v) is 6.13. The van der Waals surface area contributed by atoms with Gasteiger partial charge in [-0.15, -0.1) is 0 Å². The molecule has 0 aromatic heterocycles. The number of rotatable bonds is 4. The van der Waals surface area contributed by atoms with E-state index in [0.717, 1.165) is 0 Å². The van der Waals surface area contributed by atoms with Crippen molar-refractivity contribution in [1.29, 1.82) is 0 Å². The molecule has 1 N–H and O–H groups in total. The lowest BCUT2D eigenvalue weighted by Crippen LogP contribution is -2.28. The number of benzene rings is 1. The predicted octanol–water partition coefficient (Wildman–Crippen LogP) is 1.42. The number of nitrogens with zero attached hydrogens (tertiary/aromatic N) is 1. The van der Waals surface area contributed by atoms with Crippen molar-refractivity contribution in [2.75, 3.05) is 18.5 Å². The Morgan fingerprint density at radius 1 is 1.17 bits per heavy atom. The minimum absolute atomic E-state index is 0.172. The van der Waals surface area contributed by atoms with Crippen LogP contribution in [-0.2, 0) is 24.3 Å². The van der Waals surface area contributed by atoms with Crippen LogP contribution in [0.3, 0.4) is 0 Å². The zero-order valence-corrected chi connectivity index (χ0v) is 14.7. The minimum atomic E-state index is -3.59. The van der Waals surface area contributed by atoms with E-state index in [9.17, 15) is 13.2 Å². The Bertz CT molecular complexity index is 702. The van der Waals surface area contributed by atoms with Gasteiger partial charge in [0.05, 0.1) is 30.2 Å². The van der Waals surface area contributed by atoms with Crippen LogP contribution in [0.5, 0.6) is 0 Å². The maximum absolute atomic E-state index is 12.7. The summed E-state index contributed by atoms with van der Waals surface area (Å²) >= 11 is 0. The van der Waals surface area contributed by atoms with Gasteiger partial charge in [0.25, 0.3) is 0 Å². The highest BCUT2D eigenvalue weighted by Gasteiger charge is 2.57. The van der Waals surface area contributed by atoms with Crippen molar-refractivity contribution in [2.45, 2.75) is 44.0 Å². The maximum atomic E-state index is 12.7. The highest BCUT2D eigenvalue weighted by Crippen LogP contribution is 2.38. The topological polar surface area (TPSA) is 84.7 Å². The molecule has 4 atom stereocenters. The fourth-order valence-electron chi connectivity index (χ4n) is 2.89. The van der Waals surface area contributed by atoms with Crippen LogP contribution in [0.2, 0.25) is 0 Å². The van der Waals surface area contributed by atoms with E-state index < -0.39 is 10.0 Å². The zero-order chi connectivity index (χ0) is 17.5. The van der Waals surface area contributed by atoms with Gasteiger partial charge in [0.1, 0.15) is 0 Å². The number of hydrogen-bond acceptors (Lipinski definition) is 5. The van der Waals surface area contributed by atoms with Crippen molar-refractivity contribution in [1.82, 2.24) is 4.31 Å². The van der Waals surface area contributed by atoms with Gasteiger partial charge in [-0.25, -0.2) is 8.42 Å². The van der Waals surface area contributed by atoms with Crippen LogP contribution in [0, 0.1) is 5.92 Å². The fraction of sp³-hybridized carbons (Fsp3) is 0.562. The highest BCUT2D eigenvalue weighted by molar-refractivity contribution is 7.89. The number of hydrogen-bond donors (Lipinski definition) is 1. The molecule has 2 heterocycles. The first kappa shape index (κ1) is 17.3. The summed E-state index contributed by atoms with van der Waals surface area (Å²) < 4.78 is 38.3. The van der Waals surface area contributed by atoms with Crippen LogP contribution in [0.25, 0.3) is 0 Å². The van der Waals surface area contributed by atoms with E-state index in [2.05, 4.69) is 5.32 Å². The van der Waals surface area contributed by atoms with Gasteiger partial charge in [0.2, 0.25) is 15.9 Å². The monoisotopic (exact) mass is 354 g/mol. The Hall–Kier alpha value is -1.48. The molecule has 1 amide bonds. The van der Waals surface area contributed by atoms with Gasteiger partial charge in [-0.05, 0) is 24.3 Å². The van der Waals surface area contributed by atoms with Crippen LogP contribution >= 0.6 is 0 Å². The highest BCUT2D eigenvalue weighted by atomic mass is 32.2. The van der Waals surface area contributed by atoms with E-state index >= 15 is 0 Å². The summed E-state index contributed by atoms with van der Waals surface area (Å²) in [5, 5.41) is 2.61. The van der Waals surface area contributed by atoms with E-state index in [0.29, 0.717) is 18.9 Å². The molecule has 2 aliphatic heterocycles. The lowest BCUT2D eigenvalue weighted by atomic mass is 10.2. The predicted molar refractivity (Wildman–Crippen MR) is 87.9 cm³/mol. The molecular weight excluding hydrogens is 332 g/mol. The first-order valence-corrected chi connectivity index (χ1v) is 9.39. The van der Waals surface area contributed by atoms with Gasteiger partial charge < -0.3 is 14.8 Å². The Morgan fingerprint density at radius 3 is 2.17 bits per heavy atom. The normalized spacial score (nSPS) is 29.7. The Kier molecular flexibility index (Phi) is 4.65. The smallest absolute Gasteiger partial charge is 0.243 e. The van der Waals surface area contributed by atoms with Gasteiger partial charge >= 0.3 is 0 Å². The molecule has 3 rings (SSSR count). The molecule has 0 aliphatic carbocycles. The lowest BCUT2D eigenvalue weighted by molar-refractivity contribution is -0.158. The van der Waals surface area contributed by atoms with Crippen LogP contribution in [-0.4, -0.2) is 50.2 Å². The van der Waals surface area contributed by atoms with Gasteiger partial charge in [0.15, 0.2) is 6.29 Å².